The van der Waals surface area contributed by atoms with Crippen LogP contribution in [0.1, 0.15) is 48.3 Å². The van der Waals surface area contributed by atoms with Crippen molar-refractivity contribution in [2.45, 2.75) is 46.2 Å². The number of piperazine rings is 1. The molecule has 0 atom stereocenters. The van der Waals surface area contributed by atoms with Crippen LogP contribution in [0.3, 0.4) is 0 Å². The molecule has 33 heavy (non-hydrogen) atoms. The molecule has 2 aromatic rings. The number of likely N-dealkylation sites (N-methyl/N-ethyl adjacent to an activating group) is 1. The minimum Gasteiger partial charge on any atom is -0.494 e. The van der Waals surface area contributed by atoms with Crippen LogP contribution in [0.4, 0.5) is 0 Å². The normalized spacial score (nSPS) is 17.4. The zero-order chi connectivity index (χ0) is 23.9. The molecule has 2 fully saturated rings. The van der Waals surface area contributed by atoms with Gasteiger partial charge in [0, 0.05) is 50.4 Å². The van der Waals surface area contributed by atoms with E-state index in [0.29, 0.717) is 36.5 Å². The summed E-state index contributed by atoms with van der Waals surface area (Å²) in [5.74, 6) is -0.945. The molecule has 3 heterocycles. The van der Waals surface area contributed by atoms with Crippen molar-refractivity contribution in [3.05, 3.63) is 33.3 Å². The van der Waals surface area contributed by atoms with Gasteiger partial charge in [-0.05, 0) is 38.8 Å². The van der Waals surface area contributed by atoms with E-state index in [1.165, 1.54) is 10.6 Å². The highest BCUT2D eigenvalue weighted by atomic mass is 16.3. The lowest BCUT2D eigenvalue weighted by molar-refractivity contribution is -0.127. The van der Waals surface area contributed by atoms with Crippen LogP contribution in [0.25, 0.3) is 11.7 Å². The van der Waals surface area contributed by atoms with Gasteiger partial charge in [-0.2, -0.15) is 9.61 Å². The third-order valence-electron chi connectivity index (χ3n) is 6.12. The van der Waals surface area contributed by atoms with Crippen molar-refractivity contribution in [1.82, 2.24) is 29.3 Å². The van der Waals surface area contributed by atoms with Crippen LogP contribution in [0.2, 0.25) is 0 Å². The van der Waals surface area contributed by atoms with Crippen LogP contribution < -0.4 is 10.9 Å². The molecule has 10 heteroatoms. The van der Waals surface area contributed by atoms with Crippen LogP contribution >= 0.6 is 0 Å². The molecule has 1 aliphatic carbocycles. The molecule has 1 aliphatic heterocycles. The molecule has 1 saturated heterocycles. The second-order valence-electron chi connectivity index (χ2n) is 9.45. The Morgan fingerprint density at radius 2 is 1.88 bits per heavy atom. The predicted octanol–water partition coefficient (Wildman–Crippen LogP) is 0.845. The smallest absolute Gasteiger partial charge is 0.291 e. The van der Waals surface area contributed by atoms with Crippen molar-refractivity contribution in [3.63, 3.8) is 0 Å². The Bertz CT molecular complexity index is 1170. The van der Waals surface area contributed by atoms with Gasteiger partial charge in [-0.3, -0.25) is 19.0 Å². The molecule has 0 spiro atoms. The lowest BCUT2D eigenvalue weighted by Gasteiger charge is -2.31. The summed E-state index contributed by atoms with van der Waals surface area (Å²) in [5, 5.41) is 18.2. The molecule has 0 unspecified atom stereocenters. The SMILES string of the molecule is Cc1nn2c(=O)c(C(=O)NC3CC3)c(O)n(CC(C)C)c2c1C=CC(=O)N1CCN(C)CC1. The molecule has 1 saturated carbocycles. The standard InChI is InChI=1S/C23H32N6O4/c1-14(2)13-28-21-17(7-8-18(30)27-11-9-26(4)10-12-27)15(3)25-29(21)23(33)19(22(28)32)20(31)24-16-5-6-16/h7-8,14,16,32H,5-6,9-13H2,1-4H3,(H,24,31). The highest BCUT2D eigenvalue weighted by molar-refractivity contribution is 5.97. The fourth-order valence-electron chi connectivity index (χ4n) is 4.07. The molecular formula is C23H32N6O4. The Hall–Kier alpha value is -3.14. The van der Waals surface area contributed by atoms with Gasteiger partial charge in [0.1, 0.15) is 5.65 Å². The van der Waals surface area contributed by atoms with E-state index in [-0.39, 0.29) is 29.3 Å². The molecule has 2 N–H and O–H groups in total. The summed E-state index contributed by atoms with van der Waals surface area (Å²) < 4.78 is 2.72. The maximum Gasteiger partial charge on any atom is 0.291 e. The number of rotatable bonds is 6. The largest absolute Gasteiger partial charge is 0.494 e. The Labute approximate surface area is 192 Å². The van der Waals surface area contributed by atoms with E-state index in [4.69, 9.17) is 0 Å². The fourth-order valence-corrected chi connectivity index (χ4v) is 4.07. The number of aromatic hydroxyl groups is 1. The van der Waals surface area contributed by atoms with Crippen LogP contribution in [0.15, 0.2) is 10.9 Å². The maximum atomic E-state index is 13.2. The Balaban J connectivity index is 1.77. The van der Waals surface area contributed by atoms with E-state index in [9.17, 15) is 19.5 Å². The van der Waals surface area contributed by atoms with Gasteiger partial charge in [0.25, 0.3) is 11.5 Å². The topological polar surface area (TPSA) is 112 Å². The van der Waals surface area contributed by atoms with Crippen molar-refractivity contribution >= 4 is 23.5 Å². The summed E-state index contributed by atoms with van der Waals surface area (Å²) in [6, 6.07) is 0.0454. The number of aryl methyl sites for hydroxylation is 1. The van der Waals surface area contributed by atoms with Gasteiger partial charge in [0.05, 0.1) is 5.69 Å². The first-order valence-corrected chi connectivity index (χ1v) is 11.5. The molecule has 0 radical (unpaired) electrons. The van der Waals surface area contributed by atoms with Gasteiger partial charge in [0.2, 0.25) is 11.8 Å². The molecule has 178 valence electrons. The van der Waals surface area contributed by atoms with Crippen LogP contribution in [0.5, 0.6) is 5.88 Å². The van der Waals surface area contributed by atoms with Crippen LogP contribution in [0, 0.1) is 12.8 Å². The lowest BCUT2D eigenvalue weighted by Crippen LogP contribution is -2.46. The van der Waals surface area contributed by atoms with E-state index in [0.717, 1.165) is 25.9 Å². The number of hydrogen-bond donors (Lipinski definition) is 2. The molecule has 2 aromatic heterocycles. The van der Waals surface area contributed by atoms with Crippen molar-refractivity contribution in [2.24, 2.45) is 5.92 Å². The Morgan fingerprint density at radius 3 is 2.48 bits per heavy atom. The lowest BCUT2D eigenvalue weighted by atomic mass is 10.1. The molecule has 0 aromatic carbocycles. The van der Waals surface area contributed by atoms with E-state index < -0.39 is 11.5 Å². The summed E-state index contributed by atoms with van der Waals surface area (Å²) in [6.45, 7) is 9.04. The number of amides is 2. The van der Waals surface area contributed by atoms with Gasteiger partial charge < -0.3 is 20.2 Å². The van der Waals surface area contributed by atoms with Crippen molar-refractivity contribution < 1.29 is 14.7 Å². The zero-order valence-corrected chi connectivity index (χ0v) is 19.7. The van der Waals surface area contributed by atoms with Gasteiger partial charge in [-0.15, -0.1) is 0 Å². The quantitative estimate of drug-likeness (QED) is 0.623. The Morgan fingerprint density at radius 1 is 1.21 bits per heavy atom. The number of fused-ring (bicyclic) bond motifs is 1. The average molecular weight is 457 g/mol. The van der Waals surface area contributed by atoms with Crippen LogP contribution in [-0.2, 0) is 11.3 Å². The number of nitrogens with zero attached hydrogens (tertiary/aromatic N) is 5. The third kappa shape index (κ3) is 4.66. The van der Waals surface area contributed by atoms with Crippen LogP contribution in [-0.4, -0.2) is 80.2 Å². The van der Waals surface area contributed by atoms with E-state index >= 15 is 0 Å². The molecule has 2 aliphatic rings. The first-order chi connectivity index (χ1) is 15.7. The predicted molar refractivity (Wildman–Crippen MR) is 124 cm³/mol. The molecule has 2 amide bonds. The monoisotopic (exact) mass is 456 g/mol. The third-order valence-corrected chi connectivity index (χ3v) is 6.12. The molecular weight excluding hydrogens is 424 g/mol. The Kier molecular flexibility index (Phi) is 6.29. The minimum absolute atomic E-state index is 0.0454. The number of carbonyl (C=O) groups excluding carboxylic acids is 2. The van der Waals surface area contributed by atoms with E-state index in [1.807, 2.05) is 20.9 Å². The van der Waals surface area contributed by atoms with Crippen molar-refractivity contribution in [1.29, 1.82) is 0 Å². The summed E-state index contributed by atoms with van der Waals surface area (Å²) in [6.07, 6.45) is 4.88. The summed E-state index contributed by atoms with van der Waals surface area (Å²) in [4.78, 5) is 42.6. The molecule has 10 nitrogen and oxygen atoms in total. The first-order valence-electron chi connectivity index (χ1n) is 11.5. The van der Waals surface area contributed by atoms with Gasteiger partial charge >= 0.3 is 0 Å². The van der Waals surface area contributed by atoms with Gasteiger partial charge in [0.15, 0.2) is 5.56 Å². The minimum atomic E-state index is -0.672. The van der Waals surface area contributed by atoms with Gasteiger partial charge in [-0.25, -0.2) is 0 Å². The van der Waals surface area contributed by atoms with E-state index in [2.05, 4.69) is 15.3 Å². The second kappa shape index (κ2) is 9.01. The van der Waals surface area contributed by atoms with E-state index in [1.54, 1.807) is 22.5 Å². The maximum absolute atomic E-state index is 13.2. The summed E-state index contributed by atoms with van der Waals surface area (Å²) in [7, 11) is 2.03. The summed E-state index contributed by atoms with van der Waals surface area (Å²) >= 11 is 0. The fraction of sp³-hybridized carbons (Fsp3) is 0.565. The number of nitrogens with one attached hydrogen (secondary N) is 1. The van der Waals surface area contributed by atoms with Crippen molar-refractivity contribution in [2.75, 3.05) is 33.2 Å². The number of aromatic nitrogens is 3. The number of hydrogen-bond acceptors (Lipinski definition) is 6. The van der Waals surface area contributed by atoms with Crippen molar-refractivity contribution in [3.8, 4) is 5.88 Å². The summed E-state index contributed by atoms with van der Waals surface area (Å²) in [5.41, 5.74) is 0.496. The highest BCUT2D eigenvalue weighted by Crippen LogP contribution is 2.26. The highest BCUT2D eigenvalue weighted by Gasteiger charge is 2.30. The zero-order valence-electron chi connectivity index (χ0n) is 19.7. The second-order valence-corrected chi connectivity index (χ2v) is 9.45. The molecule has 4 rings (SSSR count). The number of carbonyl (C=O) groups is 2. The van der Waals surface area contributed by atoms with Gasteiger partial charge in [-0.1, -0.05) is 13.8 Å². The first kappa shape index (κ1) is 23.0. The average Bonchev–Trinajstić information content (AvgIpc) is 3.50. The molecule has 0 bridgehead atoms.